The van der Waals surface area contributed by atoms with Crippen LogP contribution in [0.25, 0.3) is 5.32 Å². The van der Waals surface area contributed by atoms with Crippen LogP contribution >= 0.6 is 0 Å². The summed E-state index contributed by atoms with van der Waals surface area (Å²) in [5.41, 5.74) is 6.40. The Morgan fingerprint density at radius 2 is 1.70 bits per heavy atom. The summed E-state index contributed by atoms with van der Waals surface area (Å²) in [7, 11) is 0. The maximum absolute atomic E-state index is 12.8. The number of aryl methyl sites for hydroxylation is 1. The summed E-state index contributed by atoms with van der Waals surface area (Å²) in [5.74, 6) is 1.00. The molecular formula is C26H33AcN2O-. The van der Waals surface area contributed by atoms with Gasteiger partial charge in [0.1, 0.15) is 0 Å². The number of nitrogens with zero attached hydrogens (tertiary/aromatic N) is 2. The summed E-state index contributed by atoms with van der Waals surface area (Å²) in [5, 5.41) is 4.42. The Bertz CT molecular complexity index is 827. The van der Waals surface area contributed by atoms with Crippen molar-refractivity contribution in [2.45, 2.75) is 52.0 Å². The van der Waals surface area contributed by atoms with E-state index in [4.69, 9.17) is 0 Å². The number of carbonyl (C=O) groups is 1. The van der Waals surface area contributed by atoms with Crippen LogP contribution in [-0.2, 0) is 19.4 Å². The molecule has 157 valence electrons. The van der Waals surface area contributed by atoms with Crippen molar-refractivity contribution in [3.05, 3.63) is 75.6 Å². The number of benzene rings is 2. The molecule has 0 aliphatic carbocycles. The Labute approximate surface area is 217 Å². The average molecular weight is 617 g/mol. The predicted octanol–water partition coefficient (Wildman–Crippen LogP) is 5.34. The predicted molar refractivity (Wildman–Crippen MR) is 120 cm³/mol. The third-order valence-electron chi connectivity index (χ3n) is 6.62. The summed E-state index contributed by atoms with van der Waals surface area (Å²) in [6, 6.07) is 15.3. The first-order valence-corrected chi connectivity index (χ1v) is 11.2. The number of ketones is 1. The van der Waals surface area contributed by atoms with Crippen molar-refractivity contribution in [2.75, 3.05) is 26.2 Å². The molecule has 2 aromatic carbocycles. The van der Waals surface area contributed by atoms with Crippen LogP contribution in [-0.4, -0.2) is 36.9 Å². The minimum atomic E-state index is 0. The van der Waals surface area contributed by atoms with Gasteiger partial charge < -0.3 is 5.32 Å². The summed E-state index contributed by atoms with van der Waals surface area (Å²) < 4.78 is 0. The molecule has 2 aliphatic rings. The molecule has 2 aromatic rings. The summed E-state index contributed by atoms with van der Waals surface area (Å²) in [4.78, 5) is 15.3. The van der Waals surface area contributed by atoms with Gasteiger partial charge in [-0.25, -0.2) is 0 Å². The molecule has 1 fully saturated rings. The molecule has 0 bridgehead atoms. The standard InChI is InChI=1S/C26H33N2O.Ac/c1-20-2-4-22(5-3-20)19-28-16-12-23-7-8-25(18-24(23)13-17-28)26(29)9-6-21-10-14-27-15-11-21;/h2-5,7-8,18,21H,6,9-17,19H2,1H3;/q-1;. The van der Waals surface area contributed by atoms with E-state index in [9.17, 15) is 4.79 Å². The minimum Gasteiger partial charge on any atom is -0.662 e. The first kappa shape index (κ1) is 24.1. The van der Waals surface area contributed by atoms with Crippen LogP contribution in [0.2, 0.25) is 0 Å². The van der Waals surface area contributed by atoms with Crippen LogP contribution < -0.4 is 0 Å². The van der Waals surface area contributed by atoms with Gasteiger partial charge in [-0.2, -0.15) is 0 Å². The molecule has 0 spiro atoms. The van der Waals surface area contributed by atoms with E-state index in [0.29, 0.717) is 18.1 Å². The first-order valence-electron chi connectivity index (χ1n) is 11.2. The number of rotatable bonds is 6. The zero-order valence-corrected chi connectivity index (χ0v) is 23.0. The molecular weight excluding hydrogens is 583 g/mol. The van der Waals surface area contributed by atoms with Crippen molar-refractivity contribution in [2.24, 2.45) is 5.92 Å². The number of carbonyl (C=O) groups excluding carboxylic acids is 1. The van der Waals surface area contributed by atoms with Gasteiger partial charge in [-0.15, -0.1) is 13.1 Å². The molecule has 0 N–H and O–H groups in total. The van der Waals surface area contributed by atoms with Crippen molar-refractivity contribution >= 4 is 5.78 Å². The van der Waals surface area contributed by atoms with Gasteiger partial charge in [0.05, 0.1) is 0 Å². The van der Waals surface area contributed by atoms with E-state index >= 15 is 0 Å². The summed E-state index contributed by atoms with van der Waals surface area (Å²) in [6.07, 6.45) is 6.13. The van der Waals surface area contributed by atoms with Crippen LogP contribution in [0.4, 0.5) is 0 Å². The smallest absolute Gasteiger partial charge is 0.162 e. The molecule has 0 atom stereocenters. The fraction of sp³-hybridized carbons (Fsp3) is 0.500. The fourth-order valence-electron chi connectivity index (χ4n) is 4.63. The van der Waals surface area contributed by atoms with Gasteiger partial charge in [-0.05, 0) is 54.9 Å². The number of hydrogen-bond acceptors (Lipinski definition) is 2. The second kappa shape index (κ2) is 11.9. The van der Waals surface area contributed by atoms with Crippen LogP contribution in [0.5, 0.6) is 0 Å². The SMILES string of the molecule is Cc1ccc(CN2CCc3ccc(C(=O)CCC4CC[N-]CC4)cc3CC2)cc1.[Ac]. The Morgan fingerprint density at radius 1 is 1.00 bits per heavy atom. The second-order valence-electron chi connectivity index (χ2n) is 8.82. The van der Waals surface area contributed by atoms with E-state index in [1.54, 1.807) is 0 Å². The number of hydrogen-bond donors (Lipinski definition) is 0. The van der Waals surface area contributed by atoms with E-state index in [-0.39, 0.29) is 44.1 Å². The van der Waals surface area contributed by atoms with Crippen molar-refractivity contribution in [1.82, 2.24) is 4.90 Å². The molecule has 30 heavy (non-hydrogen) atoms. The molecule has 3 nitrogen and oxygen atoms in total. The minimum absolute atomic E-state index is 0. The molecule has 2 aliphatic heterocycles. The zero-order chi connectivity index (χ0) is 20.1. The van der Waals surface area contributed by atoms with Crippen molar-refractivity contribution in [1.29, 1.82) is 0 Å². The molecule has 4 rings (SSSR count). The summed E-state index contributed by atoms with van der Waals surface area (Å²) in [6.45, 7) is 7.25. The normalized spacial score (nSPS) is 17.6. The average Bonchev–Trinajstić information content (AvgIpc) is 2.96. The maximum Gasteiger partial charge on any atom is 0.162 e. The topological polar surface area (TPSA) is 34.4 Å². The van der Waals surface area contributed by atoms with Gasteiger partial charge in [0.15, 0.2) is 5.78 Å². The zero-order valence-electron chi connectivity index (χ0n) is 18.3. The molecule has 0 saturated carbocycles. The monoisotopic (exact) mass is 616 g/mol. The second-order valence-corrected chi connectivity index (χ2v) is 8.82. The molecule has 1 saturated heterocycles. The number of piperidine rings is 1. The number of Topliss-reactive ketones (excluding diaryl/α,β-unsaturated/α-hetero) is 1. The van der Waals surface area contributed by atoms with Crippen molar-refractivity contribution in [3.63, 3.8) is 0 Å². The fourth-order valence-corrected chi connectivity index (χ4v) is 4.63. The van der Waals surface area contributed by atoms with Crippen molar-refractivity contribution < 1.29 is 48.9 Å². The van der Waals surface area contributed by atoms with Gasteiger partial charge in [-0.1, -0.05) is 54.8 Å². The van der Waals surface area contributed by atoms with Crippen molar-refractivity contribution in [3.8, 4) is 0 Å². The van der Waals surface area contributed by atoms with Gasteiger partial charge in [0.25, 0.3) is 0 Å². The van der Waals surface area contributed by atoms with Crippen LogP contribution in [0, 0.1) is 56.9 Å². The van der Waals surface area contributed by atoms with Gasteiger partial charge in [0.2, 0.25) is 0 Å². The molecule has 2 heterocycles. The molecule has 4 heteroatoms. The van der Waals surface area contributed by atoms with Crippen LogP contribution in [0.1, 0.15) is 58.3 Å². The van der Waals surface area contributed by atoms with Crippen LogP contribution in [0.15, 0.2) is 42.5 Å². The van der Waals surface area contributed by atoms with Gasteiger partial charge in [0, 0.05) is 75.7 Å². The van der Waals surface area contributed by atoms with Gasteiger partial charge in [-0.3, -0.25) is 9.69 Å². The third kappa shape index (κ3) is 6.73. The largest absolute Gasteiger partial charge is 0.662 e. The van der Waals surface area contributed by atoms with Crippen LogP contribution in [0.3, 0.4) is 0 Å². The Morgan fingerprint density at radius 3 is 2.43 bits per heavy atom. The third-order valence-corrected chi connectivity index (χ3v) is 6.62. The molecule has 1 radical (unpaired) electrons. The van der Waals surface area contributed by atoms with E-state index in [0.717, 1.165) is 70.4 Å². The van der Waals surface area contributed by atoms with E-state index in [1.807, 2.05) is 0 Å². The Kier molecular flexibility index (Phi) is 9.58. The van der Waals surface area contributed by atoms with E-state index in [2.05, 4.69) is 59.6 Å². The first-order chi connectivity index (χ1) is 14.2. The Balaban J connectivity index is 0.00000256. The molecule has 0 aromatic heterocycles. The summed E-state index contributed by atoms with van der Waals surface area (Å²) >= 11 is 0. The molecule has 0 unspecified atom stereocenters. The quantitative estimate of drug-likeness (QED) is 0.411. The Hall–Kier alpha value is -0.528. The van der Waals surface area contributed by atoms with E-state index in [1.165, 1.54) is 22.3 Å². The number of fused-ring (bicyclic) bond motifs is 1. The van der Waals surface area contributed by atoms with E-state index < -0.39 is 0 Å². The molecule has 0 amide bonds. The van der Waals surface area contributed by atoms with Gasteiger partial charge >= 0.3 is 0 Å². The maximum atomic E-state index is 12.8.